The van der Waals surface area contributed by atoms with Crippen molar-refractivity contribution in [2.75, 3.05) is 13.2 Å². The van der Waals surface area contributed by atoms with Gasteiger partial charge in [-0.05, 0) is 32.1 Å². The molecular weight excluding hydrogens is 248 g/mol. The lowest BCUT2D eigenvalue weighted by Crippen LogP contribution is -2.57. The molecule has 0 aromatic carbocycles. The van der Waals surface area contributed by atoms with Gasteiger partial charge in [-0.15, -0.1) is 0 Å². The van der Waals surface area contributed by atoms with Crippen LogP contribution in [0.4, 0.5) is 4.79 Å². The number of carboxylic acids is 1. The van der Waals surface area contributed by atoms with E-state index in [0.29, 0.717) is 19.6 Å². The zero-order valence-corrected chi connectivity index (χ0v) is 11.9. The Morgan fingerprint density at radius 3 is 2.58 bits per heavy atom. The summed E-state index contributed by atoms with van der Waals surface area (Å²) in [5.74, 6) is -0.802. The molecule has 1 rings (SSSR count). The van der Waals surface area contributed by atoms with Crippen LogP contribution in [0.5, 0.6) is 0 Å². The normalized spacial score (nSPS) is 24.8. The second-order valence-electron chi connectivity index (χ2n) is 5.84. The van der Waals surface area contributed by atoms with Crippen LogP contribution in [-0.4, -0.2) is 41.9 Å². The van der Waals surface area contributed by atoms with Gasteiger partial charge in [-0.1, -0.05) is 13.8 Å². The monoisotopic (exact) mass is 272 g/mol. The molecule has 0 saturated carbocycles. The van der Waals surface area contributed by atoms with Gasteiger partial charge in [-0.2, -0.15) is 0 Å². The van der Waals surface area contributed by atoms with E-state index < -0.39 is 23.6 Å². The molecule has 0 radical (unpaired) electrons. The number of carbonyl (C=O) groups excluding carboxylic acids is 1. The second-order valence-corrected chi connectivity index (χ2v) is 5.84. The Morgan fingerprint density at radius 1 is 1.42 bits per heavy atom. The Labute approximate surface area is 113 Å². The number of aliphatic carboxylic acids is 1. The molecule has 1 saturated heterocycles. The molecule has 1 aliphatic rings. The maximum atomic E-state index is 11.9. The molecule has 1 heterocycles. The highest BCUT2D eigenvalue weighted by atomic mass is 16.5. The smallest absolute Gasteiger partial charge is 0.326 e. The maximum Gasteiger partial charge on any atom is 0.326 e. The summed E-state index contributed by atoms with van der Waals surface area (Å²) in [4.78, 5) is 22.9. The van der Waals surface area contributed by atoms with Crippen LogP contribution in [0.15, 0.2) is 0 Å². The number of carbonyl (C=O) groups is 2. The molecule has 2 amide bonds. The first kappa shape index (κ1) is 15.8. The summed E-state index contributed by atoms with van der Waals surface area (Å²) in [7, 11) is 0. The van der Waals surface area contributed by atoms with Gasteiger partial charge >= 0.3 is 12.0 Å². The fourth-order valence-electron chi connectivity index (χ4n) is 2.19. The Bertz CT molecular complexity index is 325. The third-order valence-corrected chi connectivity index (χ3v) is 3.16. The quantitative estimate of drug-likeness (QED) is 0.705. The summed E-state index contributed by atoms with van der Waals surface area (Å²) in [5, 5.41) is 14.4. The molecule has 110 valence electrons. The van der Waals surface area contributed by atoms with Crippen LogP contribution in [0.25, 0.3) is 0 Å². The predicted molar refractivity (Wildman–Crippen MR) is 71.0 cm³/mol. The van der Waals surface area contributed by atoms with Crippen LogP contribution in [0, 0.1) is 5.92 Å². The third kappa shape index (κ3) is 5.46. The Hall–Kier alpha value is -1.30. The Balaban J connectivity index is 2.50. The van der Waals surface area contributed by atoms with E-state index in [9.17, 15) is 9.59 Å². The molecule has 2 atom stereocenters. The topological polar surface area (TPSA) is 87.7 Å². The minimum absolute atomic E-state index is 0.204. The molecule has 6 nitrogen and oxygen atoms in total. The van der Waals surface area contributed by atoms with Crippen LogP contribution in [0.2, 0.25) is 0 Å². The van der Waals surface area contributed by atoms with Crippen LogP contribution < -0.4 is 10.6 Å². The van der Waals surface area contributed by atoms with Crippen molar-refractivity contribution in [1.82, 2.24) is 10.6 Å². The molecule has 1 aliphatic heterocycles. The van der Waals surface area contributed by atoms with Crippen molar-refractivity contribution in [1.29, 1.82) is 0 Å². The molecule has 1 fully saturated rings. The van der Waals surface area contributed by atoms with Crippen molar-refractivity contribution in [2.45, 2.75) is 51.6 Å². The molecule has 3 N–H and O–H groups in total. The lowest BCUT2D eigenvalue weighted by atomic mass is 9.95. The number of ether oxygens (including phenoxy) is 1. The molecule has 2 unspecified atom stereocenters. The average molecular weight is 272 g/mol. The minimum Gasteiger partial charge on any atom is -0.480 e. The van der Waals surface area contributed by atoms with Gasteiger partial charge in [0.25, 0.3) is 0 Å². The summed E-state index contributed by atoms with van der Waals surface area (Å²) in [5.41, 5.74) is -0.413. The highest BCUT2D eigenvalue weighted by molar-refractivity contribution is 5.82. The second kappa shape index (κ2) is 6.75. The van der Waals surface area contributed by atoms with Gasteiger partial charge in [0.2, 0.25) is 0 Å². The number of amides is 2. The van der Waals surface area contributed by atoms with Crippen molar-refractivity contribution in [2.24, 2.45) is 5.92 Å². The van der Waals surface area contributed by atoms with Crippen molar-refractivity contribution >= 4 is 12.0 Å². The van der Waals surface area contributed by atoms with Gasteiger partial charge in [-0.25, -0.2) is 9.59 Å². The van der Waals surface area contributed by atoms with E-state index in [1.807, 2.05) is 20.8 Å². The fraction of sp³-hybridized carbons (Fsp3) is 0.846. The molecule has 0 aliphatic carbocycles. The molecule has 0 aromatic rings. The van der Waals surface area contributed by atoms with E-state index in [1.54, 1.807) is 0 Å². The molecule has 0 bridgehead atoms. The Kier molecular flexibility index (Phi) is 5.60. The van der Waals surface area contributed by atoms with E-state index in [2.05, 4.69) is 10.6 Å². The van der Waals surface area contributed by atoms with Gasteiger partial charge in [0, 0.05) is 6.61 Å². The zero-order chi connectivity index (χ0) is 14.5. The van der Waals surface area contributed by atoms with Gasteiger partial charge in [0.05, 0.1) is 12.1 Å². The number of rotatable bonds is 5. The third-order valence-electron chi connectivity index (χ3n) is 3.16. The zero-order valence-electron chi connectivity index (χ0n) is 11.9. The van der Waals surface area contributed by atoms with E-state index in [0.717, 1.165) is 12.8 Å². The number of hydrogen-bond donors (Lipinski definition) is 3. The highest BCUT2D eigenvalue weighted by Crippen LogP contribution is 2.18. The van der Waals surface area contributed by atoms with Crippen molar-refractivity contribution in [3.05, 3.63) is 0 Å². The number of hydrogen-bond acceptors (Lipinski definition) is 3. The summed E-state index contributed by atoms with van der Waals surface area (Å²) < 4.78 is 5.34. The average Bonchev–Trinajstić information content (AvgIpc) is 2.27. The predicted octanol–water partition coefficient (Wildman–Crippen LogP) is 1.35. The lowest BCUT2D eigenvalue weighted by molar-refractivity contribution is -0.139. The van der Waals surface area contributed by atoms with Crippen LogP contribution >= 0.6 is 0 Å². The number of carboxylic acid groups (broad SMARTS) is 1. The number of urea groups is 1. The van der Waals surface area contributed by atoms with Gasteiger partial charge in [-0.3, -0.25) is 0 Å². The summed E-state index contributed by atoms with van der Waals surface area (Å²) >= 11 is 0. The van der Waals surface area contributed by atoms with Gasteiger partial charge in [0.15, 0.2) is 0 Å². The van der Waals surface area contributed by atoms with Crippen LogP contribution in [0.3, 0.4) is 0 Å². The molecule has 0 spiro atoms. The lowest BCUT2D eigenvalue weighted by Gasteiger charge is -2.34. The van der Waals surface area contributed by atoms with E-state index >= 15 is 0 Å². The maximum absolute atomic E-state index is 11.9. The van der Waals surface area contributed by atoms with Crippen LogP contribution in [-0.2, 0) is 9.53 Å². The first-order chi connectivity index (χ1) is 8.82. The fourth-order valence-corrected chi connectivity index (χ4v) is 2.19. The molecule has 6 heteroatoms. The van der Waals surface area contributed by atoms with E-state index in [4.69, 9.17) is 9.84 Å². The van der Waals surface area contributed by atoms with Gasteiger partial charge in [0.1, 0.15) is 6.04 Å². The molecule has 0 aromatic heterocycles. The number of nitrogens with one attached hydrogen (secondary N) is 2. The van der Waals surface area contributed by atoms with Gasteiger partial charge < -0.3 is 20.5 Å². The van der Waals surface area contributed by atoms with E-state index in [1.165, 1.54) is 0 Å². The minimum atomic E-state index is -1.01. The summed E-state index contributed by atoms with van der Waals surface area (Å²) in [6.07, 6.45) is 2.14. The molecular formula is C13H24N2O4. The van der Waals surface area contributed by atoms with E-state index in [-0.39, 0.29) is 5.92 Å². The summed E-state index contributed by atoms with van der Waals surface area (Å²) in [6.45, 7) is 6.92. The molecule has 19 heavy (non-hydrogen) atoms. The Morgan fingerprint density at radius 2 is 2.11 bits per heavy atom. The van der Waals surface area contributed by atoms with Crippen LogP contribution in [0.1, 0.15) is 40.0 Å². The van der Waals surface area contributed by atoms with Crippen molar-refractivity contribution < 1.29 is 19.4 Å². The van der Waals surface area contributed by atoms with Crippen molar-refractivity contribution in [3.8, 4) is 0 Å². The first-order valence-electron chi connectivity index (χ1n) is 6.71. The standard InChI is InChI=1S/C13H24N2O4/c1-9(2)7-10(11(16)17)14-12(18)15-13(3)5-4-6-19-8-13/h9-10H,4-8H2,1-3H3,(H,16,17)(H2,14,15,18). The van der Waals surface area contributed by atoms with Crippen molar-refractivity contribution in [3.63, 3.8) is 0 Å². The highest BCUT2D eigenvalue weighted by Gasteiger charge is 2.30. The SMILES string of the molecule is CC(C)CC(NC(=O)NC1(C)CCCOC1)C(=O)O. The first-order valence-corrected chi connectivity index (χ1v) is 6.71. The summed E-state index contributed by atoms with van der Waals surface area (Å²) in [6, 6.07) is -1.30. The largest absolute Gasteiger partial charge is 0.480 e.